The van der Waals surface area contributed by atoms with Gasteiger partial charge < -0.3 is 19.9 Å². The highest BCUT2D eigenvalue weighted by Crippen LogP contribution is 2.28. The minimum atomic E-state index is -0.0678. The predicted octanol–water partition coefficient (Wildman–Crippen LogP) is 2.35. The molecule has 0 unspecified atom stereocenters. The minimum absolute atomic E-state index is 0.0678. The van der Waals surface area contributed by atoms with E-state index in [1.165, 1.54) is 0 Å². The number of carbonyl (C=O) groups is 1. The summed E-state index contributed by atoms with van der Waals surface area (Å²) in [5, 5.41) is 3.04. The normalized spacial score (nSPS) is 14.0. The van der Waals surface area contributed by atoms with Gasteiger partial charge in [-0.05, 0) is 25.1 Å². The number of ether oxygens (including phenoxy) is 1. The molecule has 1 fully saturated rings. The Morgan fingerprint density at radius 3 is 2.70 bits per heavy atom. The van der Waals surface area contributed by atoms with Gasteiger partial charge in [0, 0.05) is 38.4 Å². The standard InChI is InChI=1S/C20H25N5O2/c1-4-9-21-20-22-15(2)14-16(23-20)19(26)25-12-10-24(11-13-25)17-7-5-6-8-18(17)27-3/h4-8,14H,1,9-13H2,2-3H3,(H,21,22,23). The highest BCUT2D eigenvalue weighted by Gasteiger charge is 2.25. The maximum atomic E-state index is 12.9. The number of hydrogen-bond acceptors (Lipinski definition) is 6. The third-order valence-electron chi connectivity index (χ3n) is 4.47. The molecule has 142 valence electrons. The van der Waals surface area contributed by atoms with Crippen molar-refractivity contribution in [1.82, 2.24) is 14.9 Å². The van der Waals surface area contributed by atoms with E-state index in [1.54, 1.807) is 19.3 Å². The second-order valence-corrected chi connectivity index (χ2v) is 6.34. The Hall–Kier alpha value is -3.09. The van der Waals surface area contributed by atoms with E-state index in [0.717, 1.165) is 30.2 Å². The number of anilines is 2. The van der Waals surface area contributed by atoms with E-state index in [-0.39, 0.29) is 5.91 Å². The SMILES string of the molecule is C=CCNc1nc(C)cc(C(=O)N2CCN(c3ccccc3OC)CC2)n1. The van der Waals surface area contributed by atoms with Crippen molar-refractivity contribution in [2.24, 2.45) is 0 Å². The van der Waals surface area contributed by atoms with Crippen LogP contribution < -0.4 is 15.0 Å². The van der Waals surface area contributed by atoms with E-state index in [2.05, 4.69) is 26.8 Å². The molecule has 1 aromatic heterocycles. The highest BCUT2D eigenvalue weighted by molar-refractivity contribution is 5.93. The van der Waals surface area contributed by atoms with Crippen LogP contribution in [0.3, 0.4) is 0 Å². The molecule has 0 aliphatic carbocycles. The lowest BCUT2D eigenvalue weighted by Crippen LogP contribution is -2.49. The molecule has 0 spiro atoms. The number of para-hydroxylation sites is 2. The molecule has 1 aliphatic heterocycles. The van der Waals surface area contributed by atoms with Crippen LogP contribution in [0.2, 0.25) is 0 Å². The average molecular weight is 367 g/mol. The third kappa shape index (κ3) is 4.36. The molecule has 0 radical (unpaired) electrons. The number of carbonyl (C=O) groups excluding carboxylic acids is 1. The average Bonchev–Trinajstić information content (AvgIpc) is 2.71. The lowest BCUT2D eigenvalue weighted by atomic mass is 10.2. The number of amides is 1. The first-order chi connectivity index (χ1) is 13.1. The fraction of sp³-hybridized carbons (Fsp3) is 0.350. The largest absolute Gasteiger partial charge is 0.495 e. The number of nitrogens with zero attached hydrogens (tertiary/aromatic N) is 4. The molecule has 1 N–H and O–H groups in total. The molecule has 1 aromatic carbocycles. The van der Waals surface area contributed by atoms with Crippen molar-refractivity contribution in [2.45, 2.75) is 6.92 Å². The summed E-state index contributed by atoms with van der Waals surface area (Å²) in [6.07, 6.45) is 1.73. The van der Waals surface area contributed by atoms with Crippen molar-refractivity contribution in [2.75, 3.05) is 50.1 Å². The van der Waals surface area contributed by atoms with E-state index in [9.17, 15) is 4.79 Å². The van der Waals surface area contributed by atoms with Crippen LogP contribution in [-0.4, -0.2) is 60.6 Å². The Kier molecular flexibility index (Phi) is 5.90. The molecular formula is C20H25N5O2. The lowest BCUT2D eigenvalue weighted by Gasteiger charge is -2.36. The highest BCUT2D eigenvalue weighted by atomic mass is 16.5. The van der Waals surface area contributed by atoms with Gasteiger partial charge in [-0.15, -0.1) is 6.58 Å². The number of nitrogens with one attached hydrogen (secondary N) is 1. The first-order valence-electron chi connectivity index (χ1n) is 9.00. The van der Waals surface area contributed by atoms with Crippen molar-refractivity contribution < 1.29 is 9.53 Å². The Bertz CT molecular complexity index is 816. The number of rotatable bonds is 6. The van der Waals surface area contributed by atoms with E-state index >= 15 is 0 Å². The number of aryl methyl sites for hydroxylation is 1. The first kappa shape index (κ1) is 18.7. The summed E-state index contributed by atoms with van der Waals surface area (Å²) in [7, 11) is 1.67. The fourth-order valence-corrected chi connectivity index (χ4v) is 3.12. The van der Waals surface area contributed by atoms with E-state index < -0.39 is 0 Å². The summed E-state index contributed by atoms with van der Waals surface area (Å²) in [5.74, 6) is 1.23. The van der Waals surface area contributed by atoms with Crippen LogP contribution in [0.25, 0.3) is 0 Å². The lowest BCUT2D eigenvalue weighted by molar-refractivity contribution is 0.0740. The number of aromatic nitrogens is 2. The van der Waals surface area contributed by atoms with Crippen molar-refractivity contribution in [3.05, 3.63) is 54.4 Å². The Balaban J connectivity index is 1.68. The summed E-state index contributed by atoms with van der Waals surface area (Å²) in [6, 6.07) is 9.68. The number of benzene rings is 1. The molecule has 2 aromatic rings. The van der Waals surface area contributed by atoms with Crippen molar-refractivity contribution in [1.29, 1.82) is 0 Å². The zero-order chi connectivity index (χ0) is 19.2. The van der Waals surface area contributed by atoms with Crippen LogP contribution >= 0.6 is 0 Å². The number of methoxy groups -OCH3 is 1. The van der Waals surface area contributed by atoms with E-state index in [0.29, 0.717) is 31.3 Å². The van der Waals surface area contributed by atoms with Crippen molar-refractivity contribution in [3.8, 4) is 5.75 Å². The molecule has 3 rings (SSSR count). The molecule has 7 nitrogen and oxygen atoms in total. The summed E-state index contributed by atoms with van der Waals surface area (Å²) in [6.45, 7) is 8.84. The second kappa shape index (κ2) is 8.53. The molecule has 7 heteroatoms. The molecule has 0 bridgehead atoms. The van der Waals surface area contributed by atoms with Gasteiger partial charge in [-0.3, -0.25) is 4.79 Å². The van der Waals surface area contributed by atoms with Crippen LogP contribution in [0.1, 0.15) is 16.2 Å². The zero-order valence-corrected chi connectivity index (χ0v) is 15.8. The third-order valence-corrected chi connectivity index (χ3v) is 4.47. The quantitative estimate of drug-likeness (QED) is 0.791. The topological polar surface area (TPSA) is 70.6 Å². The molecule has 1 aliphatic rings. The maximum absolute atomic E-state index is 12.9. The Morgan fingerprint density at radius 2 is 2.00 bits per heavy atom. The summed E-state index contributed by atoms with van der Waals surface area (Å²) in [5.41, 5.74) is 2.23. The van der Waals surface area contributed by atoms with Crippen LogP contribution in [0, 0.1) is 6.92 Å². The Labute approximate surface area is 159 Å². The van der Waals surface area contributed by atoms with Gasteiger partial charge in [0.05, 0.1) is 12.8 Å². The van der Waals surface area contributed by atoms with Crippen LogP contribution in [0.5, 0.6) is 5.75 Å². The second-order valence-electron chi connectivity index (χ2n) is 6.34. The zero-order valence-electron chi connectivity index (χ0n) is 15.8. The first-order valence-corrected chi connectivity index (χ1v) is 9.00. The monoisotopic (exact) mass is 367 g/mol. The fourth-order valence-electron chi connectivity index (χ4n) is 3.12. The summed E-state index contributed by atoms with van der Waals surface area (Å²) >= 11 is 0. The van der Waals surface area contributed by atoms with E-state index in [4.69, 9.17) is 4.74 Å². The predicted molar refractivity (Wildman–Crippen MR) is 107 cm³/mol. The molecule has 2 heterocycles. The summed E-state index contributed by atoms with van der Waals surface area (Å²) < 4.78 is 5.45. The number of hydrogen-bond donors (Lipinski definition) is 1. The van der Waals surface area contributed by atoms with E-state index in [1.807, 2.05) is 36.1 Å². The van der Waals surface area contributed by atoms with Gasteiger partial charge >= 0.3 is 0 Å². The smallest absolute Gasteiger partial charge is 0.272 e. The van der Waals surface area contributed by atoms with Gasteiger partial charge in [0.15, 0.2) is 0 Å². The van der Waals surface area contributed by atoms with Crippen LogP contribution in [-0.2, 0) is 0 Å². The van der Waals surface area contributed by atoms with Crippen LogP contribution in [0.15, 0.2) is 43.0 Å². The van der Waals surface area contributed by atoms with Crippen LogP contribution in [0.4, 0.5) is 11.6 Å². The minimum Gasteiger partial charge on any atom is -0.495 e. The van der Waals surface area contributed by atoms with Gasteiger partial charge in [0.25, 0.3) is 5.91 Å². The van der Waals surface area contributed by atoms with Crippen molar-refractivity contribution in [3.63, 3.8) is 0 Å². The Morgan fingerprint density at radius 1 is 1.26 bits per heavy atom. The number of piperazine rings is 1. The molecule has 1 saturated heterocycles. The van der Waals surface area contributed by atoms with Gasteiger partial charge in [-0.25, -0.2) is 9.97 Å². The van der Waals surface area contributed by atoms with Crippen molar-refractivity contribution >= 4 is 17.5 Å². The van der Waals surface area contributed by atoms with Gasteiger partial charge in [0.1, 0.15) is 11.4 Å². The molecule has 0 atom stereocenters. The van der Waals surface area contributed by atoms with Gasteiger partial charge in [0.2, 0.25) is 5.95 Å². The molecule has 27 heavy (non-hydrogen) atoms. The summed E-state index contributed by atoms with van der Waals surface area (Å²) in [4.78, 5) is 25.6. The van der Waals surface area contributed by atoms with Gasteiger partial charge in [-0.2, -0.15) is 0 Å². The molecule has 0 saturated carbocycles. The molecular weight excluding hydrogens is 342 g/mol. The van der Waals surface area contributed by atoms with Gasteiger partial charge in [-0.1, -0.05) is 18.2 Å². The molecule has 1 amide bonds. The maximum Gasteiger partial charge on any atom is 0.272 e.